The normalized spacial score (nSPS) is 18.4. The summed E-state index contributed by atoms with van der Waals surface area (Å²) < 4.78 is 10.9. The average molecular weight is 316 g/mol. The van der Waals surface area contributed by atoms with Gasteiger partial charge in [-0.3, -0.25) is 0 Å². The molecule has 0 amide bonds. The molecule has 124 valence electrons. The minimum atomic E-state index is -0.324. The van der Waals surface area contributed by atoms with E-state index in [-0.39, 0.29) is 5.97 Å². The molecule has 1 atom stereocenters. The largest absolute Gasteiger partial charge is 0.493 e. The molecule has 0 bridgehead atoms. The van der Waals surface area contributed by atoms with Crippen molar-refractivity contribution in [1.29, 1.82) is 0 Å². The van der Waals surface area contributed by atoms with Crippen LogP contribution in [-0.4, -0.2) is 48.7 Å². The van der Waals surface area contributed by atoms with Gasteiger partial charge in [-0.25, -0.2) is 4.79 Å². The second kappa shape index (κ2) is 7.04. The number of carbonyl (C=O) groups is 1. The Labute approximate surface area is 136 Å². The van der Waals surface area contributed by atoms with Crippen molar-refractivity contribution >= 4 is 16.9 Å². The van der Waals surface area contributed by atoms with Gasteiger partial charge >= 0.3 is 5.97 Å². The summed E-state index contributed by atoms with van der Waals surface area (Å²) in [6.45, 7) is 4.08. The van der Waals surface area contributed by atoms with Crippen LogP contribution < -0.4 is 4.74 Å². The summed E-state index contributed by atoms with van der Waals surface area (Å²) in [6, 6.07) is 8.30. The molecule has 0 aliphatic carbocycles. The van der Waals surface area contributed by atoms with Crippen molar-refractivity contribution in [2.75, 3.05) is 26.8 Å². The number of carbonyl (C=O) groups excluding carboxylic acids is 1. The lowest BCUT2D eigenvalue weighted by Gasteiger charge is -2.19. The first kappa shape index (κ1) is 15.9. The van der Waals surface area contributed by atoms with Gasteiger partial charge in [0.2, 0.25) is 0 Å². The van der Waals surface area contributed by atoms with E-state index in [1.165, 1.54) is 19.4 Å². The molecular weight excluding hydrogens is 292 g/mol. The molecule has 23 heavy (non-hydrogen) atoms. The van der Waals surface area contributed by atoms with E-state index in [4.69, 9.17) is 9.47 Å². The van der Waals surface area contributed by atoms with Gasteiger partial charge < -0.3 is 19.4 Å². The van der Waals surface area contributed by atoms with E-state index in [0.29, 0.717) is 24.9 Å². The first-order chi connectivity index (χ1) is 11.2. The van der Waals surface area contributed by atoms with Crippen molar-refractivity contribution < 1.29 is 14.3 Å². The van der Waals surface area contributed by atoms with Crippen molar-refractivity contribution in [2.24, 2.45) is 0 Å². The van der Waals surface area contributed by atoms with E-state index in [9.17, 15) is 4.79 Å². The quantitative estimate of drug-likeness (QED) is 0.832. The van der Waals surface area contributed by atoms with Gasteiger partial charge in [0, 0.05) is 23.0 Å². The predicted octanol–water partition coefficient (Wildman–Crippen LogP) is 3.21. The number of aromatic amines is 1. The van der Waals surface area contributed by atoms with E-state index in [2.05, 4.69) is 16.9 Å². The van der Waals surface area contributed by atoms with Crippen LogP contribution in [-0.2, 0) is 4.74 Å². The minimum Gasteiger partial charge on any atom is -0.493 e. The van der Waals surface area contributed by atoms with Crippen LogP contribution in [0.5, 0.6) is 5.75 Å². The molecule has 1 saturated heterocycles. The molecule has 1 N–H and O–H groups in total. The summed E-state index contributed by atoms with van der Waals surface area (Å²) in [4.78, 5) is 17.3. The molecule has 2 heterocycles. The number of aromatic nitrogens is 1. The second-order valence-electron chi connectivity index (χ2n) is 6.07. The Hall–Kier alpha value is -2.01. The lowest BCUT2D eigenvalue weighted by atomic mass is 10.1. The SMILES string of the molecule is CCOC(=O)c1cc2ccc(OCCC3CCCN3C)cc2[nH]1. The molecule has 1 unspecified atom stereocenters. The number of ether oxygens (including phenoxy) is 2. The van der Waals surface area contributed by atoms with Gasteiger partial charge in [0.15, 0.2) is 0 Å². The zero-order valence-corrected chi connectivity index (χ0v) is 13.8. The topological polar surface area (TPSA) is 54.6 Å². The summed E-state index contributed by atoms with van der Waals surface area (Å²) in [5.41, 5.74) is 1.37. The number of nitrogens with one attached hydrogen (secondary N) is 1. The maximum Gasteiger partial charge on any atom is 0.354 e. The van der Waals surface area contributed by atoms with Crippen LogP contribution in [0.3, 0.4) is 0 Å². The number of likely N-dealkylation sites (tertiary alicyclic amines) is 1. The van der Waals surface area contributed by atoms with Gasteiger partial charge in [-0.1, -0.05) is 0 Å². The van der Waals surface area contributed by atoms with Crippen molar-refractivity contribution in [3.8, 4) is 5.75 Å². The second-order valence-corrected chi connectivity index (χ2v) is 6.07. The highest BCUT2D eigenvalue weighted by atomic mass is 16.5. The van der Waals surface area contributed by atoms with Gasteiger partial charge in [0.25, 0.3) is 0 Å². The van der Waals surface area contributed by atoms with E-state index < -0.39 is 0 Å². The monoisotopic (exact) mass is 316 g/mol. The first-order valence-corrected chi connectivity index (χ1v) is 8.30. The molecule has 0 saturated carbocycles. The highest BCUT2D eigenvalue weighted by Gasteiger charge is 2.20. The number of fused-ring (bicyclic) bond motifs is 1. The smallest absolute Gasteiger partial charge is 0.354 e. The van der Waals surface area contributed by atoms with Crippen LogP contribution in [0.4, 0.5) is 0 Å². The van der Waals surface area contributed by atoms with Crippen LogP contribution in [0.1, 0.15) is 36.7 Å². The molecule has 1 aromatic heterocycles. The van der Waals surface area contributed by atoms with Crippen LogP contribution in [0.2, 0.25) is 0 Å². The molecule has 0 spiro atoms. The number of benzene rings is 1. The Kier molecular flexibility index (Phi) is 4.86. The fourth-order valence-electron chi connectivity index (χ4n) is 3.17. The maximum absolute atomic E-state index is 11.8. The third kappa shape index (κ3) is 3.67. The summed E-state index contributed by atoms with van der Waals surface area (Å²) in [5, 5.41) is 0.982. The molecule has 5 heteroatoms. The van der Waals surface area contributed by atoms with Crippen molar-refractivity contribution in [3.05, 3.63) is 30.0 Å². The van der Waals surface area contributed by atoms with E-state index in [0.717, 1.165) is 23.1 Å². The van der Waals surface area contributed by atoms with Gasteiger partial charge in [-0.2, -0.15) is 0 Å². The number of H-pyrrole nitrogens is 1. The molecule has 2 aromatic rings. The fraction of sp³-hybridized carbons (Fsp3) is 0.500. The van der Waals surface area contributed by atoms with E-state index in [1.807, 2.05) is 24.3 Å². The van der Waals surface area contributed by atoms with Crippen molar-refractivity contribution in [1.82, 2.24) is 9.88 Å². The van der Waals surface area contributed by atoms with Gasteiger partial charge in [0.05, 0.1) is 13.2 Å². The summed E-state index contributed by atoms with van der Waals surface area (Å²) in [5.74, 6) is 0.505. The number of hydrogen-bond acceptors (Lipinski definition) is 4. The molecule has 1 aliphatic rings. The molecule has 5 nitrogen and oxygen atoms in total. The van der Waals surface area contributed by atoms with Crippen LogP contribution in [0.25, 0.3) is 10.9 Å². The first-order valence-electron chi connectivity index (χ1n) is 8.30. The van der Waals surface area contributed by atoms with E-state index in [1.54, 1.807) is 6.92 Å². The number of rotatable bonds is 6. The average Bonchev–Trinajstić information content (AvgIpc) is 3.13. The molecule has 1 aliphatic heterocycles. The molecule has 0 radical (unpaired) electrons. The minimum absolute atomic E-state index is 0.324. The zero-order chi connectivity index (χ0) is 16.2. The lowest BCUT2D eigenvalue weighted by molar-refractivity contribution is 0.0520. The fourth-order valence-corrected chi connectivity index (χ4v) is 3.17. The molecule has 3 rings (SSSR count). The van der Waals surface area contributed by atoms with E-state index >= 15 is 0 Å². The summed E-state index contributed by atoms with van der Waals surface area (Å²) in [7, 11) is 2.18. The Balaban J connectivity index is 1.62. The van der Waals surface area contributed by atoms with Crippen molar-refractivity contribution in [2.45, 2.75) is 32.2 Å². The van der Waals surface area contributed by atoms with Crippen LogP contribution in [0, 0.1) is 0 Å². The molecule has 1 aromatic carbocycles. The Morgan fingerprint density at radius 3 is 3.00 bits per heavy atom. The van der Waals surface area contributed by atoms with Gasteiger partial charge in [-0.15, -0.1) is 0 Å². The van der Waals surface area contributed by atoms with Crippen LogP contribution in [0.15, 0.2) is 24.3 Å². The third-order valence-corrected chi connectivity index (χ3v) is 4.48. The predicted molar refractivity (Wildman–Crippen MR) is 90.0 cm³/mol. The number of hydrogen-bond donors (Lipinski definition) is 1. The summed E-state index contributed by atoms with van der Waals surface area (Å²) in [6.07, 6.45) is 3.60. The number of nitrogens with zero attached hydrogens (tertiary/aromatic N) is 1. The third-order valence-electron chi connectivity index (χ3n) is 4.48. The summed E-state index contributed by atoms with van der Waals surface area (Å²) >= 11 is 0. The van der Waals surface area contributed by atoms with Gasteiger partial charge in [0.1, 0.15) is 11.4 Å². The van der Waals surface area contributed by atoms with Crippen molar-refractivity contribution in [3.63, 3.8) is 0 Å². The Morgan fingerprint density at radius 1 is 1.39 bits per heavy atom. The standard InChI is InChI=1S/C18H24N2O3/c1-3-22-18(21)17-11-13-6-7-15(12-16(13)19-17)23-10-8-14-5-4-9-20(14)2/h6-7,11-12,14,19H,3-5,8-10H2,1-2H3. The molecular formula is C18H24N2O3. The highest BCUT2D eigenvalue weighted by Crippen LogP contribution is 2.23. The Bertz CT molecular complexity index is 680. The number of esters is 1. The Morgan fingerprint density at radius 2 is 2.26 bits per heavy atom. The zero-order valence-electron chi connectivity index (χ0n) is 13.8. The van der Waals surface area contributed by atoms with Gasteiger partial charge in [-0.05, 0) is 58.0 Å². The lowest BCUT2D eigenvalue weighted by Crippen LogP contribution is -2.26. The highest BCUT2D eigenvalue weighted by molar-refractivity contribution is 5.95. The maximum atomic E-state index is 11.8. The molecule has 1 fully saturated rings. The van der Waals surface area contributed by atoms with Crippen LogP contribution >= 0.6 is 0 Å².